The number of benzene rings is 3. The molecule has 42 heavy (non-hydrogen) atoms. The number of nitrogens with one attached hydrogen (secondary N) is 1. The molecule has 0 saturated carbocycles. The highest BCUT2D eigenvalue weighted by atomic mass is 79.9. The van der Waals surface area contributed by atoms with Gasteiger partial charge in [-0.15, -0.1) is 0 Å². The number of nitrogens with zero attached hydrogens (tertiary/aromatic N) is 2. The maximum Gasteiger partial charge on any atom is 0.244 e. The number of ether oxygens (including phenoxy) is 2. The van der Waals surface area contributed by atoms with E-state index in [4.69, 9.17) is 9.47 Å². The van der Waals surface area contributed by atoms with Crippen LogP contribution < -0.4 is 19.1 Å². The standard InChI is InChI=1S/C31H38BrN3O6S/c1-22(2)19-33-31(37)27(17-23-9-7-6-8-10-23)34(20-24-11-13-25(32)14-12-24)30(36)21-35(42(5,38)39)26-15-16-28(40-3)29(18-26)41-4/h6-16,18,22,27H,17,19-21H2,1-5H3,(H,33,37). The van der Waals surface area contributed by atoms with E-state index in [9.17, 15) is 18.0 Å². The first-order valence-corrected chi connectivity index (χ1v) is 16.1. The zero-order valence-electron chi connectivity index (χ0n) is 24.5. The van der Waals surface area contributed by atoms with Crippen molar-refractivity contribution in [1.29, 1.82) is 0 Å². The smallest absolute Gasteiger partial charge is 0.244 e. The molecule has 0 aliphatic carbocycles. The fourth-order valence-corrected chi connectivity index (χ4v) is 5.46. The third kappa shape index (κ3) is 9.22. The van der Waals surface area contributed by atoms with Gasteiger partial charge in [-0.1, -0.05) is 72.2 Å². The third-order valence-electron chi connectivity index (χ3n) is 6.56. The van der Waals surface area contributed by atoms with E-state index in [1.54, 1.807) is 12.1 Å². The Morgan fingerprint density at radius 1 is 0.905 bits per heavy atom. The molecule has 0 aliphatic rings. The highest BCUT2D eigenvalue weighted by molar-refractivity contribution is 9.10. The number of halogens is 1. The van der Waals surface area contributed by atoms with Crippen molar-refractivity contribution in [3.05, 3.63) is 88.4 Å². The van der Waals surface area contributed by atoms with E-state index in [0.717, 1.165) is 26.2 Å². The van der Waals surface area contributed by atoms with E-state index < -0.39 is 28.5 Å². The molecule has 9 nitrogen and oxygen atoms in total. The average Bonchev–Trinajstić information content (AvgIpc) is 2.96. The molecule has 1 unspecified atom stereocenters. The highest BCUT2D eigenvalue weighted by Gasteiger charge is 2.33. The van der Waals surface area contributed by atoms with Crippen molar-refractivity contribution >= 4 is 43.5 Å². The van der Waals surface area contributed by atoms with E-state index >= 15 is 0 Å². The fourth-order valence-electron chi connectivity index (χ4n) is 4.36. The predicted molar refractivity (Wildman–Crippen MR) is 168 cm³/mol. The van der Waals surface area contributed by atoms with Crippen molar-refractivity contribution in [1.82, 2.24) is 10.2 Å². The molecule has 0 saturated heterocycles. The molecule has 1 N–H and O–H groups in total. The van der Waals surface area contributed by atoms with Crippen LogP contribution in [0.25, 0.3) is 0 Å². The number of hydrogen-bond acceptors (Lipinski definition) is 6. The molecule has 0 bridgehead atoms. The minimum atomic E-state index is -3.91. The van der Waals surface area contributed by atoms with Crippen LogP contribution in [0.4, 0.5) is 5.69 Å². The van der Waals surface area contributed by atoms with Gasteiger partial charge in [0.15, 0.2) is 11.5 Å². The van der Waals surface area contributed by atoms with Gasteiger partial charge in [0.25, 0.3) is 0 Å². The molecule has 1 atom stereocenters. The lowest BCUT2D eigenvalue weighted by atomic mass is 10.0. The van der Waals surface area contributed by atoms with Crippen LogP contribution in [0.2, 0.25) is 0 Å². The van der Waals surface area contributed by atoms with Crippen LogP contribution in [-0.2, 0) is 32.6 Å². The number of methoxy groups -OCH3 is 2. The lowest BCUT2D eigenvalue weighted by molar-refractivity contribution is -0.140. The first kappa shape index (κ1) is 32.9. The summed E-state index contributed by atoms with van der Waals surface area (Å²) < 4.78 is 38.6. The van der Waals surface area contributed by atoms with E-state index in [1.165, 1.54) is 25.2 Å². The van der Waals surface area contributed by atoms with Crippen molar-refractivity contribution < 1.29 is 27.5 Å². The van der Waals surface area contributed by atoms with Crippen LogP contribution in [-0.4, -0.2) is 64.7 Å². The molecule has 0 spiro atoms. The molecular formula is C31H38BrN3O6S. The second-order valence-corrected chi connectivity index (χ2v) is 13.1. The van der Waals surface area contributed by atoms with E-state index in [-0.39, 0.29) is 30.5 Å². The fraction of sp³-hybridized carbons (Fsp3) is 0.355. The number of carbonyl (C=O) groups is 2. The molecule has 226 valence electrons. The summed E-state index contributed by atoms with van der Waals surface area (Å²) in [6, 6.07) is 20.6. The molecule has 3 rings (SSSR count). The largest absolute Gasteiger partial charge is 0.493 e. The van der Waals surface area contributed by atoms with Crippen molar-refractivity contribution in [2.45, 2.75) is 32.9 Å². The van der Waals surface area contributed by atoms with Crippen LogP contribution >= 0.6 is 15.9 Å². The van der Waals surface area contributed by atoms with Gasteiger partial charge in [-0.2, -0.15) is 0 Å². The zero-order chi connectivity index (χ0) is 30.9. The number of hydrogen-bond donors (Lipinski definition) is 1. The summed E-state index contributed by atoms with van der Waals surface area (Å²) >= 11 is 3.44. The first-order valence-electron chi connectivity index (χ1n) is 13.5. The van der Waals surface area contributed by atoms with Crippen molar-refractivity contribution in [3.8, 4) is 11.5 Å². The maximum atomic E-state index is 14.2. The summed E-state index contributed by atoms with van der Waals surface area (Å²) in [5.41, 5.74) is 1.89. The van der Waals surface area contributed by atoms with Gasteiger partial charge in [-0.25, -0.2) is 8.42 Å². The summed E-state index contributed by atoms with van der Waals surface area (Å²) in [4.78, 5) is 29.3. The Morgan fingerprint density at radius 2 is 1.55 bits per heavy atom. The zero-order valence-corrected chi connectivity index (χ0v) is 26.9. The monoisotopic (exact) mass is 659 g/mol. The number of carbonyl (C=O) groups excluding carboxylic acids is 2. The van der Waals surface area contributed by atoms with Gasteiger partial charge in [0.2, 0.25) is 21.8 Å². The molecular weight excluding hydrogens is 622 g/mol. The minimum absolute atomic E-state index is 0.0995. The Balaban J connectivity index is 2.06. The topological polar surface area (TPSA) is 105 Å². The molecule has 0 aliphatic heterocycles. The molecule has 0 fully saturated rings. The lowest BCUT2D eigenvalue weighted by Gasteiger charge is -2.33. The van der Waals surface area contributed by atoms with Crippen molar-refractivity contribution in [2.75, 3.05) is 37.9 Å². The number of rotatable bonds is 14. The van der Waals surface area contributed by atoms with Crippen LogP contribution in [0.5, 0.6) is 11.5 Å². The normalized spacial score (nSPS) is 12.0. The van der Waals surface area contributed by atoms with E-state index in [2.05, 4.69) is 21.2 Å². The maximum absolute atomic E-state index is 14.2. The second kappa shape index (κ2) is 15.1. The Labute approximate surface area is 257 Å². The molecule has 0 aromatic heterocycles. The molecule has 0 radical (unpaired) electrons. The van der Waals surface area contributed by atoms with Gasteiger partial charge in [-0.3, -0.25) is 13.9 Å². The molecule has 3 aromatic rings. The van der Waals surface area contributed by atoms with Gasteiger partial charge in [-0.05, 0) is 41.3 Å². The van der Waals surface area contributed by atoms with Crippen LogP contribution in [0.3, 0.4) is 0 Å². The van der Waals surface area contributed by atoms with Crippen LogP contribution in [0.15, 0.2) is 77.3 Å². The number of sulfonamides is 1. The summed E-state index contributed by atoms with van der Waals surface area (Å²) in [6.45, 7) is 4.00. The molecule has 2 amide bonds. The van der Waals surface area contributed by atoms with E-state index in [1.807, 2.05) is 68.4 Å². The summed E-state index contributed by atoms with van der Waals surface area (Å²) in [7, 11) is -0.988. The van der Waals surface area contributed by atoms with Gasteiger partial charge in [0.1, 0.15) is 12.6 Å². The Morgan fingerprint density at radius 3 is 2.12 bits per heavy atom. The van der Waals surface area contributed by atoms with Crippen molar-refractivity contribution in [2.24, 2.45) is 5.92 Å². The van der Waals surface area contributed by atoms with E-state index in [0.29, 0.717) is 18.0 Å². The third-order valence-corrected chi connectivity index (χ3v) is 8.23. The first-order chi connectivity index (χ1) is 19.9. The molecule has 3 aromatic carbocycles. The van der Waals surface area contributed by atoms with Gasteiger partial charge in [0.05, 0.1) is 26.2 Å². The summed E-state index contributed by atoms with van der Waals surface area (Å²) in [6.07, 6.45) is 1.29. The summed E-state index contributed by atoms with van der Waals surface area (Å²) in [5, 5.41) is 2.97. The Hall–Kier alpha value is -3.57. The predicted octanol–water partition coefficient (Wildman–Crippen LogP) is 4.64. The van der Waals surface area contributed by atoms with Crippen molar-refractivity contribution in [3.63, 3.8) is 0 Å². The highest BCUT2D eigenvalue weighted by Crippen LogP contribution is 2.32. The Kier molecular flexibility index (Phi) is 11.8. The van der Waals surface area contributed by atoms with Crippen LogP contribution in [0.1, 0.15) is 25.0 Å². The van der Waals surface area contributed by atoms with Crippen LogP contribution in [0, 0.1) is 5.92 Å². The SMILES string of the molecule is COc1ccc(N(CC(=O)N(Cc2ccc(Br)cc2)C(Cc2ccccc2)C(=O)NCC(C)C)S(C)(=O)=O)cc1OC. The summed E-state index contributed by atoms with van der Waals surface area (Å²) in [5.74, 6) is 0.0991. The van der Waals surface area contributed by atoms with Gasteiger partial charge in [0, 0.05) is 30.0 Å². The second-order valence-electron chi connectivity index (χ2n) is 10.3. The number of amides is 2. The number of anilines is 1. The minimum Gasteiger partial charge on any atom is -0.493 e. The quantitative estimate of drug-likeness (QED) is 0.270. The Bertz CT molecular complexity index is 1450. The average molecular weight is 661 g/mol. The van der Waals surface area contributed by atoms with Gasteiger partial charge >= 0.3 is 0 Å². The van der Waals surface area contributed by atoms with Gasteiger partial charge < -0.3 is 19.7 Å². The molecule has 11 heteroatoms. The molecule has 0 heterocycles. The lowest BCUT2D eigenvalue weighted by Crippen LogP contribution is -2.53.